The van der Waals surface area contributed by atoms with E-state index in [4.69, 9.17) is 9.47 Å². The number of benzene rings is 3. The van der Waals surface area contributed by atoms with Gasteiger partial charge in [0, 0.05) is 34.7 Å². The van der Waals surface area contributed by atoms with Crippen molar-refractivity contribution in [2.24, 2.45) is 0 Å². The Hall–Kier alpha value is -4.13. The highest BCUT2D eigenvalue weighted by Crippen LogP contribution is 2.45. The molecule has 206 valence electrons. The van der Waals surface area contributed by atoms with Gasteiger partial charge in [-0.2, -0.15) is 0 Å². The van der Waals surface area contributed by atoms with Gasteiger partial charge < -0.3 is 19.7 Å². The number of halogens is 1. The van der Waals surface area contributed by atoms with Gasteiger partial charge in [-0.1, -0.05) is 48.5 Å². The molecule has 2 aliphatic rings. The number of anilines is 1. The molecule has 1 saturated heterocycles. The van der Waals surface area contributed by atoms with Crippen LogP contribution in [0.5, 0.6) is 5.75 Å². The Kier molecular flexibility index (Phi) is 7.92. The number of nitrogens with one attached hydrogen (secondary N) is 1. The molecule has 10 nitrogen and oxygen atoms in total. The quantitative estimate of drug-likeness (QED) is 0.380. The van der Waals surface area contributed by atoms with Crippen molar-refractivity contribution >= 4 is 52.2 Å². The smallest absolute Gasteiger partial charge is 0.410 e. The van der Waals surface area contributed by atoms with Crippen LogP contribution in [0.1, 0.15) is 23.7 Å². The number of methoxy groups -OCH3 is 1. The number of nitrogens with zero attached hydrogens (tertiary/aromatic N) is 3. The Balaban J connectivity index is 1.20. The van der Waals surface area contributed by atoms with E-state index < -0.39 is 30.0 Å². The predicted octanol–water partition coefficient (Wildman–Crippen LogP) is 4.37. The molecule has 0 aromatic heterocycles. The van der Waals surface area contributed by atoms with E-state index in [0.717, 1.165) is 35.6 Å². The molecule has 1 fully saturated rings. The monoisotopic (exact) mass is 654 g/mol. The second-order valence-corrected chi connectivity index (χ2v) is 10.6. The van der Waals surface area contributed by atoms with Crippen LogP contribution in [0.15, 0.2) is 66.7 Å². The molecule has 11 heteroatoms. The van der Waals surface area contributed by atoms with Crippen LogP contribution in [0, 0.1) is 3.57 Å². The minimum Gasteiger partial charge on any atom is -0.495 e. The number of likely N-dealkylation sites (N-methyl/N-ethyl adjacent to an activating group) is 1. The second kappa shape index (κ2) is 11.5. The Morgan fingerprint density at radius 1 is 1.02 bits per heavy atom. The van der Waals surface area contributed by atoms with Crippen molar-refractivity contribution in [3.05, 3.63) is 81.4 Å². The average Bonchev–Trinajstić information content (AvgIpc) is 3.26. The van der Waals surface area contributed by atoms with Crippen molar-refractivity contribution in [3.8, 4) is 16.9 Å². The van der Waals surface area contributed by atoms with Gasteiger partial charge in [0.25, 0.3) is 0 Å². The number of carbonyl (C=O) groups is 4. The molecule has 40 heavy (non-hydrogen) atoms. The molecule has 0 atom stereocenters. The van der Waals surface area contributed by atoms with Gasteiger partial charge in [0.15, 0.2) is 6.10 Å². The average molecular weight is 654 g/mol. The van der Waals surface area contributed by atoms with Crippen molar-refractivity contribution in [2.45, 2.75) is 12.5 Å². The molecule has 5 rings (SSSR count). The summed E-state index contributed by atoms with van der Waals surface area (Å²) in [6, 6.07) is 20.3. The number of hydrogen-bond acceptors (Lipinski definition) is 6. The van der Waals surface area contributed by atoms with E-state index in [1.807, 2.05) is 54.6 Å². The topological polar surface area (TPSA) is 108 Å². The number of hydrogen-bond donors (Lipinski definition) is 1. The van der Waals surface area contributed by atoms with E-state index in [1.54, 1.807) is 12.1 Å². The number of imide groups is 1. The largest absolute Gasteiger partial charge is 0.495 e. The first kappa shape index (κ1) is 27.4. The highest BCUT2D eigenvalue weighted by atomic mass is 127. The van der Waals surface area contributed by atoms with Crippen LogP contribution in [0.3, 0.4) is 0 Å². The summed E-state index contributed by atoms with van der Waals surface area (Å²) < 4.78 is 12.1. The van der Waals surface area contributed by atoms with Gasteiger partial charge in [-0.25, -0.2) is 14.5 Å². The fraction of sp³-hybridized carbons (Fsp3) is 0.241. The van der Waals surface area contributed by atoms with Gasteiger partial charge >= 0.3 is 12.1 Å². The fourth-order valence-corrected chi connectivity index (χ4v) is 5.35. The minimum atomic E-state index is -0.672. The van der Waals surface area contributed by atoms with Gasteiger partial charge in [0.2, 0.25) is 11.8 Å². The summed E-state index contributed by atoms with van der Waals surface area (Å²) >= 11 is 2.13. The van der Waals surface area contributed by atoms with Crippen molar-refractivity contribution in [1.29, 1.82) is 0 Å². The third kappa shape index (κ3) is 5.33. The van der Waals surface area contributed by atoms with Gasteiger partial charge in [-0.05, 0) is 51.9 Å². The Morgan fingerprint density at radius 2 is 1.68 bits per heavy atom. The van der Waals surface area contributed by atoms with Gasteiger partial charge in [-0.15, -0.1) is 0 Å². The molecular weight excluding hydrogens is 627 g/mol. The highest BCUT2D eigenvalue weighted by Gasteiger charge is 2.35. The number of fused-ring (bicyclic) bond motifs is 3. The van der Waals surface area contributed by atoms with E-state index in [0.29, 0.717) is 11.4 Å². The van der Waals surface area contributed by atoms with Crippen molar-refractivity contribution < 1.29 is 28.7 Å². The zero-order valence-electron chi connectivity index (χ0n) is 21.9. The van der Waals surface area contributed by atoms with Crippen LogP contribution in [0.2, 0.25) is 0 Å². The Morgan fingerprint density at radius 3 is 2.33 bits per heavy atom. The first-order valence-corrected chi connectivity index (χ1v) is 13.7. The third-order valence-corrected chi connectivity index (χ3v) is 7.54. The molecule has 0 spiro atoms. The van der Waals surface area contributed by atoms with Gasteiger partial charge in [0.1, 0.15) is 19.0 Å². The van der Waals surface area contributed by atoms with Crippen LogP contribution in [0.4, 0.5) is 15.3 Å². The minimum absolute atomic E-state index is 0.0901. The number of carbonyl (C=O) groups excluding carboxylic acids is 4. The number of urea groups is 1. The maximum atomic E-state index is 13.2. The summed E-state index contributed by atoms with van der Waals surface area (Å²) in [5.74, 6) is -0.451. The van der Waals surface area contributed by atoms with Crippen LogP contribution in [-0.4, -0.2) is 67.7 Å². The number of amides is 5. The maximum Gasteiger partial charge on any atom is 0.410 e. The molecule has 0 bridgehead atoms. The van der Waals surface area contributed by atoms with Crippen molar-refractivity contribution in [3.63, 3.8) is 0 Å². The van der Waals surface area contributed by atoms with Crippen LogP contribution >= 0.6 is 22.6 Å². The van der Waals surface area contributed by atoms with Gasteiger partial charge in [0.05, 0.1) is 12.8 Å². The molecule has 0 radical (unpaired) electrons. The molecule has 0 unspecified atom stereocenters. The summed E-state index contributed by atoms with van der Waals surface area (Å²) in [7, 11) is 2.96. The summed E-state index contributed by atoms with van der Waals surface area (Å²) in [6.45, 7) is -0.453. The second-order valence-electron chi connectivity index (χ2n) is 9.37. The maximum absolute atomic E-state index is 13.2. The first-order chi connectivity index (χ1) is 19.3. The zero-order valence-corrected chi connectivity index (χ0v) is 24.1. The summed E-state index contributed by atoms with van der Waals surface area (Å²) in [6.07, 6.45) is -1.17. The molecule has 1 heterocycles. The molecule has 1 N–H and O–H groups in total. The molecular formula is C29H27IN4O6. The predicted molar refractivity (Wildman–Crippen MR) is 156 cm³/mol. The standard InChI is InChI=1S/C29H27IN4O6/c1-32(29(38)40-27-21-9-5-3-7-19(21)20-8-4-6-10-22(20)27)16-25(35)31-17-34-26(36)13-14-33(28(34)37)23-15-18(30)11-12-24(23)39-2/h3-12,15,27H,13-14,16-17H2,1-2H3,(H,31,35). The van der Waals surface area contributed by atoms with Gasteiger partial charge in [-0.3, -0.25) is 14.5 Å². The lowest BCUT2D eigenvalue weighted by Crippen LogP contribution is -2.56. The van der Waals surface area contributed by atoms with Crippen molar-refractivity contribution in [2.75, 3.05) is 38.8 Å². The van der Waals surface area contributed by atoms with Crippen LogP contribution in [0.25, 0.3) is 11.1 Å². The molecule has 1 aliphatic heterocycles. The van der Waals surface area contributed by atoms with E-state index >= 15 is 0 Å². The summed E-state index contributed by atoms with van der Waals surface area (Å²) in [5.41, 5.74) is 4.31. The lowest BCUT2D eigenvalue weighted by molar-refractivity contribution is -0.130. The lowest BCUT2D eigenvalue weighted by atomic mass is 10.1. The van der Waals surface area contributed by atoms with E-state index in [-0.39, 0.29) is 26.2 Å². The zero-order chi connectivity index (χ0) is 28.4. The number of rotatable bonds is 7. The van der Waals surface area contributed by atoms with Crippen LogP contribution in [-0.2, 0) is 14.3 Å². The van der Waals surface area contributed by atoms with Crippen LogP contribution < -0.4 is 15.0 Å². The van der Waals surface area contributed by atoms with E-state index in [2.05, 4.69) is 27.9 Å². The lowest BCUT2D eigenvalue weighted by Gasteiger charge is -2.34. The third-order valence-electron chi connectivity index (χ3n) is 6.87. The normalized spacial score (nSPS) is 14.5. The molecule has 0 saturated carbocycles. The van der Waals surface area contributed by atoms with E-state index in [9.17, 15) is 19.2 Å². The van der Waals surface area contributed by atoms with Crippen molar-refractivity contribution in [1.82, 2.24) is 15.1 Å². The van der Waals surface area contributed by atoms with E-state index in [1.165, 1.54) is 19.1 Å². The number of ether oxygens (including phenoxy) is 2. The Labute approximate surface area is 245 Å². The molecule has 3 aromatic carbocycles. The molecule has 1 aliphatic carbocycles. The Bertz CT molecular complexity index is 1450. The highest BCUT2D eigenvalue weighted by molar-refractivity contribution is 14.1. The molecule has 3 aromatic rings. The fourth-order valence-electron chi connectivity index (χ4n) is 4.87. The summed E-state index contributed by atoms with van der Waals surface area (Å²) in [4.78, 5) is 55.0. The SMILES string of the molecule is COc1ccc(I)cc1N1CCC(=O)N(CNC(=O)CN(C)C(=O)OC2c3ccccc3-c3ccccc32)C1=O. The first-order valence-electron chi connectivity index (χ1n) is 12.6. The molecule has 5 amide bonds. The summed E-state index contributed by atoms with van der Waals surface area (Å²) in [5, 5.41) is 2.57.